The van der Waals surface area contributed by atoms with Gasteiger partial charge in [-0.3, -0.25) is 0 Å². The lowest BCUT2D eigenvalue weighted by Gasteiger charge is -1.96. The van der Waals surface area contributed by atoms with E-state index < -0.39 is 0 Å². The number of nitrogens with one attached hydrogen (secondary N) is 1. The first-order chi connectivity index (χ1) is 6.83. The lowest BCUT2D eigenvalue weighted by Crippen LogP contribution is -1.85. The van der Waals surface area contributed by atoms with Crippen LogP contribution in [0.25, 0.3) is 10.2 Å². The van der Waals surface area contributed by atoms with Crippen molar-refractivity contribution >= 4 is 26.7 Å². The molecule has 0 unspecified atom stereocenters. The van der Waals surface area contributed by atoms with Gasteiger partial charge in [-0.15, -0.1) is 0 Å². The van der Waals surface area contributed by atoms with Crippen molar-refractivity contribution in [1.29, 1.82) is 0 Å². The average molecular weight is 206 g/mol. The summed E-state index contributed by atoms with van der Waals surface area (Å²) in [6.07, 6.45) is 2.33. The van der Waals surface area contributed by atoms with Crippen molar-refractivity contribution in [3.8, 4) is 0 Å². The van der Waals surface area contributed by atoms with Crippen LogP contribution < -0.4 is 5.32 Å². The van der Waals surface area contributed by atoms with Crippen LogP contribution in [0.4, 0.5) is 5.13 Å². The molecule has 0 aliphatic rings. The Labute approximate surface area is 88.0 Å². The monoisotopic (exact) mass is 206 g/mol. The number of fused-ring (bicyclic) bond motifs is 1. The highest BCUT2D eigenvalue weighted by Crippen LogP contribution is 2.26. The molecule has 0 spiro atoms. The summed E-state index contributed by atoms with van der Waals surface area (Å²) in [5.74, 6) is 0. The van der Waals surface area contributed by atoms with Gasteiger partial charge in [-0.25, -0.2) is 4.98 Å². The molecular formula is C11H14N2S. The van der Waals surface area contributed by atoms with Crippen molar-refractivity contribution in [3.05, 3.63) is 23.8 Å². The van der Waals surface area contributed by atoms with Crippen LogP contribution in [0.5, 0.6) is 0 Å². The Balaban J connectivity index is 2.43. The molecule has 0 aliphatic heterocycles. The first kappa shape index (κ1) is 9.46. The zero-order valence-electron chi connectivity index (χ0n) is 8.50. The molecule has 74 valence electrons. The van der Waals surface area contributed by atoms with Gasteiger partial charge in [-0.1, -0.05) is 30.7 Å². The number of anilines is 1. The molecule has 0 radical (unpaired) electrons. The summed E-state index contributed by atoms with van der Waals surface area (Å²) in [4.78, 5) is 4.48. The zero-order chi connectivity index (χ0) is 9.97. The van der Waals surface area contributed by atoms with Crippen molar-refractivity contribution in [2.24, 2.45) is 0 Å². The van der Waals surface area contributed by atoms with Crippen LogP contribution >= 0.6 is 11.3 Å². The Morgan fingerprint density at radius 2 is 2.29 bits per heavy atom. The topological polar surface area (TPSA) is 24.9 Å². The third-order valence-electron chi connectivity index (χ3n) is 2.20. The molecule has 1 heterocycles. The summed E-state index contributed by atoms with van der Waals surface area (Å²) in [5.41, 5.74) is 2.50. The number of rotatable bonds is 3. The Hall–Kier alpha value is -1.09. The Morgan fingerprint density at radius 3 is 3.00 bits per heavy atom. The van der Waals surface area contributed by atoms with E-state index in [0.717, 1.165) is 17.1 Å². The molecule has 2 nitrogen and oxygen atoms in total. The number of nitrogens with zero attached hydrogens (tertiary/aromatic N) is 1. The van der Waals surface area contributed by atoms with Gasteiger partial charge in [0.25, 0.3) is 0 Å². The van der Waals surface area contributed by atoms with E-state index in [0.29, 0.717) is 0 Å². The molecule has 0 atom stereocenters. The highest BCUT2D eigenvalue weighted by molar-refractivity contribution is 7.22. The summed E-state index contributed by atoms with van der Waals surface area (Å²) in [6.45, 7) is 2.20. The van der Waals surface area contributed by atoms with Gasteiger partial charge in [-0.2, -0.15) is 0 Å². The zero-order valence-corrected chi connectivity index (χ0v) is 9.32. The van der Waals surface area contributed by atoms with Gasteiger partial charge in [0.05, 0.1) is 10.2 Å². The second-order valence-corrected chi connectivity index (χ2v) is 4.35. The van der Waals surface area contributed by atoms with Crippen LogP contribution in [0, 0.1) is 0 Å². The lowest BCUT2D eigenvalue weighted by molar-refractivity contribution is 0.923. The second kappa shape index (κ2) is 3.96. The number of benzene rings is 1. The normalized spacial score (nSPS) is 10.7. The number of hydrogen-bond donors (Lipinski definition) is 1. The fraction of sp³-hybridized carbons (Fsp3) is 0.364. The van der Waals surface area contributed by atoms with Gasteiger partial charge in [0.2, 0.25) is 0 Å². The molecule has 0 saturated heterocycles. The average Bonchev–Trinajstić information content (AvgIpc) is 2.60. The van der Waals surface area contributed by atoms with E-state index in [4.69, 9.17) is 0 Å². The molecule has 1 aromatic heterocycles. The van der Waals surface area contributed by atoms with Crippen LogP contribution in [0.3, 0.4) is 0 Å². The van der Waals surface area contributed by atoms with Gasteiger partial charge in [0.1, 0.15) is 0 Å². The molecule has 14 heavy (non-hydrogen) atoms. The molecule has 2 aromatic rings. The quantitative estimate of drug-likeness (QED) is 0.833. The van der Waals surface area contributed by atoms with E-state index in [9.17, 15) is 0 Å². The predicted molar refractivity (Wildman–Crippen MR) is 63.2 cm³/mol. The molecule has 1 N–H and O–H groups in total. The highest BCUT2D eigenvalue weighted by Gasteiger charge is 2.02. The maximum atomic E-state index is 4.48. The van der Waals surface area contributed by atoms with Crippen molar-refractivity contribution in [2.45, 2.75) is 19.8 Å². The Morgan fingerprint density at radius 1 is 1.43 bits per heavy atom. The van der Waals surface area contributed by atoms with Crippen LogP contribution in [-0.2, 0) is 6.42 Å². The standard InChI is InChI=1S/C11H14N2S/c1-3-4-8-5-6-10-9(7-8)13-11(12-2)14-10/h5-7H,3-4H2,1-2H3,(H,12,13). The number of thiazole rings is 1. The molecule has 0 aliphatic carbocycles. The minimum Gasteiger partial charge on any atom is -0.365 e. The van der Waals surface area contributed by atoms with Crippen molar-refractivity contribution in [2.75, 3.05) is 12.4 Å². The minimum absolute atomic E-state index is 0.994. The lowest BCUT2D eigenvalue weighted by atomic mass is 10.1. The van der Waals surface area contributed by atoms with E-state index in [1.807, 2.05) is 7.05 Å². The fourth-order valence-corrected chi connectivity index (χ4v) is 2.32. The molecule has 3 heteroatoms. The van der Waals surface area contributed by atoms with Crippen molar-refractivity contribution < 1.29 is 0 Å². The molecule has 0 saturated carbocycles. The minimum atomic E-state index is 0.994. The van der Waals surface area contributed by atoms with Crippen LogP contribution in [0.15, 0.2) is 18.2 Å². The Bertz CT molecular complexity index is 434. The van der Waals surface area contributed by atoms with Crippen LogP contribution in [0.1, 0.15) is 18.9 Å². The molecule has 0 fully saturated rings. The van der Waals surface area contributed by atoms with E-state index in [2.05, 4.69) is 35.4 Å². The summed E-state index contributed by atoms with van der Waals surface area (Å²) >= 11 is 1.70. The third kappa shape index (κ3) is 1.73. The van der Waals surface area contributed by atoms with Crippen LogP contribution in [-0.4, -0.2) is 12.0 Å². The molecule has 0 amide bonds. The SMILES string of the molecule is CCCc1ccc2sc(NC)nc2c1. The van der Waals surface area contributed by atoms with Crippen molar-refractivity contribution in [1.82, 2.24) is 4.98 Å². The molecule has 0 bridgehead atoms. The third-order valence-corrected chi connectivity index (χ3v) is 3.26. The Kier molecular flexibility index (Phi) is 2.68. The largest absolute Gasteiger partial charge is 0.365 e. The summed E-state index contributed by atoms with van der Waals surface area (Å²) in [6, 6.07) is 6.55. The summed E-state index contributed by atoms with van der Waals surface area (Å²) < 4.78 is 1.26. The first-order valence-corrected chi connectivity index (χ1v) is 5.72. The second-order valence-electron chi connectivity index (χ2n) is 3.32. The van der Waals surface area contributed by atoms with Gasteiger partial charge in [0, 0.05) is 7.05 Å². The van der Waals surface area contributed by atoms with E-state index in [-0.39, 0.29) is 0 Å². The summed E-state index contributed by atoms with van der Waals surface area (Å²) in [5, 5.41) is 4.07. The maximum Gasteiger partial charge on any atom is 0.183 e. The van der Waals surface area contributed by atoms with E-state index in [1.54, 1.807) is 11.3 Å². The molecular weight excluding hydrogens is 192 g/mol. The van der Waals surface area contributed by atoms with Crippen molar-refractivity contribution in [3.63, 3.8) is 0 Å². The highest BCUT2D eigenvalue weighted by atomic mass is 32.1. The van der Waals surface area contributed by atoms with E-state index in [1.165, 1.54) is 16.7 Å². The van der Waals surface area contributed by atoms with Gasteiger partial charge < -0.3 is 5.32 Å². The predicted octanol–water partition coefficient (Wildman–Crippen LogP) is 3.29. The maximum absolute atomic E-state index is 4.48. The fourth-order valence-electron chi connectivity index (χ4n) is 1.52. The summed E-state index contributed by atoms with van der Waals surface area (Å²) in [7, 11) is 1.91. The number of aryl methyl sites for hydroxylation is 1. The van der Waals surface area contributed by atoms with Gasteiger partial charge in [-0.05, 0) is 24.1 Å². The smallest absolute Gasteiger partial charge is 0.183 e. The van der Waals surface area contributed by atoms with E-state index >= 15 is 0 Å². The van der Waals surface area contributed by atoms with Gasteiger partial charge in [0.15, 0.2) is 5.13 Å². The molecule has 1 aromatic carbocycles. The number of aromatic nitrogens is 1. The van der Waals surface area contributed by atoms with Crippen LogP contribution in [0.2, 0.25) is 0 Å². The molecule has 2 rings (SSSR count). The first-order valence-electron chi connectivity index (χ1n) is 4.90. The van der Waals surface area contributed by atoms with Gasteiger partial charge >= 0.3 is 0 Å². The number of hydrogen-bond acceptors (Lipinski definition) is 3.